The number of ether oxygens (including phenoxy) is 1. The van der Waals surface area contributed by atoms with Gasteiger partial charge in [0.15, 0.2) is 0 Å². The number of benzene rings is 3. The summed E-state index contributed by atoms with van der Waals surface area (Å²) in [5.41, 5.74) is 8.86. The molecule has 0 spiro atoms. The Morgan fingerprint density at radius 1 is 0.971 bits per heavy atom. The van der Waals surface area contributed by atoms with Gasteiger partial charge in [0.1, 0.15) is 11.4 Å². The lowest BCUT2D eigenvalue weighted by Crippen LogP contribution is -2.41. The number of hydrogen-bond donors (Lipinski definition) is 2. The lowest BCUT2D eigenvalue weighted by atomic mass is 9.81. The minimum atomic E-state index is -0.701. The predicted octanol–water partition coefficient (Wildman–Crippen LogP) is 4.32. The molecule has 0 saturated carbocycles. The highest BCUT2D eigenvalue weighted by atomic mass is 19.1. The Morgan fingerprint density at radius 3 is 2.31 bits per heavy atom. The Morgan fingerprint density at radius 2 is 1.66 bits per heavy atom. The van der Waals surface area contributed by atoms with Crippen molar-refractivity contribution in [1.29, 1.82) is 0 Å². The maximum atomic E-state index is 13.6. The van der Waals surface area contributed by atoms with Crippen molar-refractivity contribution >= 4 is 11.8 Å². The first-order valence-corrected chi connectivity index (χ1v) is 11.6. The minimum Gasteiger partial charge on any atom is -0.361 e. The van der Waals surface area contributed by atoms with Gasteiger partial charge in [-0.25, -0.2) is 4.39 Å². The molecule has 2 N–H and O–H groups in total. The summed E-state index contributed by atoms with van der Waals surface area (Å²) in [6.07, 6.45) is 1.61. The second kappa shape index (κ2) is 10.4. The van der Waals surface area contributed by atoms with Crippen molar-refractivity contribution in [2.24, 2.45) is 0 Å². The van der Waals surface area contributed by atoms with E-state index in [4.69, 9.17) is 4.74 Å². The fourth-order valence-electron chi connectivity index (χ4n) is 4.52. The Kier molecular flexibility index (Phi) is 7.28. The second-order valence-electron chi connectivity index (χ2n) is 9.18. The summed E-state index contributed by atoms with van der Waals surface area (Å²) in [5, 5.41) is 0. The van der Waals surface area contributed by atoms with E-state index in [0.717, 1.165) is 41.6 Å². The normalized spacial score (nSPS) is 16.7. The van der Waals surface area contributed by atoms with Crippen LogP contribution in [0.15, 0.2) is 66.7 Å². The molecule has 4 rings (SSSR count). The molecule has 35 heavy (non-hydrogen) atoms. The summed E-state index contributed by atoms with van der Waals surface area (Å²) < 4.78 is 20.0. The Labute approximate surface area is 205 Å². The van der Waals surface area contributed by atoms with Gasteiger partial charge in [0, 0.05) is 11.1 Å². The molecule has 1 unspecified atom stereocenters. The summed E-state index contributed by atoms with van der Waals surface area (Å²) in [6, 6.07) is 19.0. The van der Waals surface area contributed by atoms with E-state index in [1.807, 2.05) is 33.2 Å². The molecule has 0 saturated heterocycles. The number of aryl methyl sites for hydroxylation is 1. The number of hydrazine groups is 1. The van der Waals surface area contributed by atoms with Gasteiger partial charge < -0.3 is 9.64 Å². The summed E-state index contributed by atoms with van der Waals surface area (Å²) in [5.74, 6) is -1.10. The van der Waals surface area contributed by atoms with Crippen LogP contribution in [0.5, 0.6) is 0 Å². The molecule has 0 aromatic heterocycles. The van der Waals surface area contributed by atoms with Gasteiger partial charge in [0.2, 0.25) is 0 Å². The van der Waals surface area contributed by atoms with Crippen molar-refractivity contribution in [2.75, 3.05) is 20.6 Å². The van der Waals surface area contributed by atoms with Crippen molar-refractivity contribution in [3.63, 3.8) is 0 Å². The number of amides is 2. The molecule has 3 aromatic carbocycles. The van der Waals surface area contributed by atoms with E-state index in [2.05, 4.69) is 15.8 Å². The molecule has 3 aromatic rings. The molecule has 6 nitrogen and oxygen atoms in total. The van der Waals surface area contributed by atoms with Crippen LogP contribution in [0.3, 0.4) is 0 Å². The van der Waals surface area contributed by atoms with Gasteiger partial charge in [-0.1, -0.05) is 35.9 Å². The molecular formula is C28H30FN3O3. The van der Waals surface area contributed by atoms with Crippen molar-refractivity contribution in [2.45, 2.75) is 32.0 Å². The number of nitrogens with one attached hydrogen (secondary N) is 2. The van der Waals surface area contributed by atoms with Crippen LogP contribution in [-0.4, -0.2) is 37.4 Å². The first-order valence-electron chi connectivity index (χ1n) is 11.6. The van der Waals surface area contributed by atoms with E-state index in [0.29, 0.717) is 17.7 Å². The molecule has 0 radical (unpaired) electrons. The summed E-state index contributed by atoms with van der Waals surface area (Å²) in [6.45, 7) is 3.13. The van der Waals surface area contributed by atoms with Crippen LogP contribution in [0.1, 0.15) is 55.8 Å². The zero-order valence-corrected chi connectivity index (χ0v) is 20.2. The quantitative estimate of drug-likeness (QED) is 0.499. The standard InChI is InChI=1S/C28H30FN3O3/c1-19-6-4-7-20(16-19)26(33)30-31-27(34)21-8-13-25-22(17-21)18-35-28(25,14-5-15-32(2)3)23-9-11-24(29)12-10-23/h4,6-13,16-17H,5,14-15,18H2,1-3H3,(H,30,33)(H,31,34). The Hall–Kier alpha value is -3.55. The second-order valence-corrected chi connectivity index (χ2v) is 9.18. The number of fused-ring (bicyclic) bond motifs is 1. The third-order valence-corrected chi connectivity index (χ3v) is 6.29. The van der Waals surface area contributed by atoms with E-state index in [9.17, 15) is 14.0 Å². The molecule has 2 amide bonds. The molecule has 1 atom stereocenters. The fraction of sp³-hybridized carbons (Fsp3) is 0.286. The number of carbonyl (C=O) groups is 2. The minimum absolute atomic E-state index is 0.296. The van der Waals surface area contributed by atoms with Crippen LogP contribution >= 0.6 is 0 Å². The lowest BCUT2D eigenvalue weighted by Gasteiger charge is -2.31. The van der Waals surface area contributed by atoms with Gasteiger partial charge in [-0.3, -0.25) is 20.4 Å². The fourth-order valence-corrected chi connectivity index (χ4v) is 4.52. The number of carbonyl (C=O) groups excluding carboxylic acids is 2. The highest BCUT2D eigenvalue weighted by Crippen LogP contribution is 2.45. The van der Waals surface area contributed by atoms with Crippen molar-refractivity contribution in [1.82, 2.24) is 15.8 Å². The third-order valence-electron chi connectivity index (χ3n) is 6.29. The number of hydrogen-bond acceptors (Lipinski definition) is 4. The largest absolute Gasteiger partial charge is 0.361 e. The molecular weight excluding hydrogens is 445 g/mol. The lowest BCUT2D eigenvalue weighted by molar-refractivity contribution is -0.0140. The first kappa shape index (κ1) is 24.6. The molecule has 1 aliphatic heterocycles. The predicted molar refractivity (Wildman–Crippen MR) is 132 cm³/mol. The molecule has 1 aliphatic rings. The maximum Gasteiger partial charge on any atom is 0.269 e. The monoisotopic (exact) mass is 475 g/mol. The third kappa shape index (κ3) is 5.42. The van der Waals surface area contributed by atoms with E-state index in [1.165, 1.54) is 12.1 Å². The van der Waals surface area contributed by atoms with Gasteiger partial charge >= 0.3 is 0 Å². The highest BCUT2D eigenvalue weighted by molar-refractivity contribution is 5.99. The molecule has 0 bridgehead atoms. The maximum absolute atomic E-state index is 13.6. The molecule has 7 heteroatoms. The molecule has 1 heterocycles. The number of halogens is 1. The zero-order valence-electron chi connectivity index (χ0n) is 20.2. The average Bonchev–Trinajstić information content (AvgIpc) is 3.21. The SMILES string of the molecule is Cc1cccc(C(=O)NNC(=O)c2ccc3c(c2)COC3(CCCN(C)C)c2ccc(F)cc2)c1. The van der Waals surface area contributed by atoms with Crippen LogP contribution in [0, 0.1) is 12.7 Å². The van der Waals surface area contributed by atoms with E-state index >= 15 is 0 Å². The van der Waals surface area contributed by atoms with Gasteiger partial charge in [-0.05, 0) is 93.5 Å². The number of rotatable bonds is 7. The van der Waals surface area contributed by atoms with Gasteiger partial charge in [0.05, 0.1) is 6.61 Å². The number of nitrogens with zero attached hydrogens (tertiary/aromatic N) is 1. The van der Waals surface area contributed by atoms with E-state index in [-0.39, 0.29) is 11.7 Å². The molecule has 0 aliphatic carbocycles. The van der Waals surface area contributed by atoms with Crippen LogP contribution in [0.25, 0.3) is 0 Å². The van der Waals surface area contributed by atoms with Crippen molar-refractivity contribution in [3.05, 3.63) is 106 Å². The summed E-state index contributed by atoms with van der Waals surface area (Å²) in [7, 11) is 4.05. The topological polar surface area (TPSA) is 70.7 Å². The highest BCUT2D eigenvalue weighted by Gasteiger charge is 2.41. The van der Waals surface area contributed by atoms with E-state index in [1.54, 1.807) is 42.5 Å². The van der Waals surface area contributed by atoms with Crippen molar-refractivity contribution in [3.8, 4) is 0 Å². The van der Waals surface area contributed by atoms with Crippen molar-refractivity contribution < 1.29 is 18.7 Å². The average molecular weight is 476 g/mol. The first-order chi connectivity index (χ1) is 16.8. The Bertz CT molecular complexity index is 1230. The molecule has 0 fully saturated rings. The molecule has 182 valence electrons. The van der Waals surface area contributed by atoms with Crippen LogP contribution in [0.4, 0.5) is 4.39 Å². The summed E-state index contributed by atoms with van der Waals surface area (Å²) >= 11 is 0. The van der Waals surface area contributed by atoms with Gasteiger partial charge in [0.25, 0.3) is 11.8 Å². The smallest absolute Gasteiger partial charge is 0.269 e. The van der Waals surface area contributed by atoms with E-state index < -0.39 is 11.5 Å². The summed E-state index contributed by atoms with van der Waals surface area (Å²) in [4.78, 5) is 27.2. The van der Waals surface area contributed by atoms with Crippen LogP contribution < -0.4 is 10.9 Å². The van der Waals surface area contributed by atoms with Gasteiger partial charge in [-0.2, -0.15) is 0 Å². The van der Waals surface area contributed by atoms with Crippen LogP contribution in [-0.2, 0) is 16.9 Å². The zero-order chi connectivity index (χ0) is 25.0. The Balaban J connectivity index is 1.53. The van der Waals surface area contributed by atoms with Crippen LogP contribution in [0.2, 0.25) is 0 Å². The van der Waals surface area contributed by atoms with Gasteiger partial charge in [-0.15, -0.1) is 0 Å².